The molecule has 7 heavy (non-hydrogen) atoms. The molecule has 0 spiro atoms. The number of carbonyl (C=O) groups is 1. The third-order valence-corrected chi connectivity index (χ3v) is 0.638. The molecule has 0 amide bonds. The molecule has 1 radical (unpaired) electrons. The Bertz CT molecular complexity index is 157. The van der Waals surface area contributed by atoms with Gasteiger partial charge < -0.3 is 0 Å². The summed E-state index contributed by atoms with van der Waals surface area (Å²) in [5.41, 5.74) is 0.222. The molecule has 1 heterocycles. The minimum atomic E-state index is -0.194. The minimum Gasteiger partial charge on any atom is -0.286 e. The van der Waals surface area contributed by atoms with Crippen molar-refractivity contribution in [3.8, 4) is 0 Å². The van der Waals surface area contributed by atoms with E-state index >= 15 is 0 Å². The summed E-state index contributed by atoms with van der Waals surface area (Å²) in [6, 6.07) is 0. The number of hydrogen-bond donors (Lipinski definition) is 0. The summed E-state index contributed by atoms with van der Waals surface area (Å²) in [4.78, 5) is 10.2. The van der Waals surface area contributed by atoms with Crippen LogP contribution >= 0.6 is 0 Å². The Hall–Kier alpha value is -0.990. The van der Waals surface area contributed by atoms with Crippen molar-refractivity contribution in [3.05, 3.63) is 6.92 Å². The van der Waals surface area contributed by atoms with Crippen molar-refractivity contribution < 1.29 is 4.79 Å². The SMILES string of the molecule is [CH2]C1=NN=CC1=O. The number of ketones is 1. The number of carbonyl (C=O) groups excluding carboxylic acids is 1. The average Bonchev–Trinajstić information content (AvgIpc) is 1.91. The molecule has 0 bridgehead atoms. The summed E-state index contributed by atoms with van der Waals surface area (Å²) in [6.07, 6.45) is 1.14. The number of hydrogen-bond acceptors (Lipinski definition) is 3. The van der Waals surface area contributed by atoms with Crippen LogP contribution in [0.4, 0.5) is 0 Å². The Morgan fingerprint density at radius 2 is 2.43 bits per heavy atom. The molecule has 0 N–H and O–H groups in total. The van der Waals surface area contributed by atoms with Gasteiger partial charge in [0.05, 0.1) is 6.21 Å². The van der Waals surface area contributed by atoms with Crippen LogP contribution in [-0.2, 0) is 4.79 Å². The summed E-state index contributed by atoms with van der Waals surface area (Å²) < 4.78 is 0. The molecule has 0 atom stereocenters. The normalized spacial score (nSPS) is 17.9. The van der Waals surface area contributed by atoms with E-state index in [9.17, 15) is 4.79 Å². The number of rotatable bonds is 0. The first kappa shape index (κ1) is 4.18. The first-order valence-corrected chi connectivity index (χ1v) is 1.78. The summed E-state index contributed by atoms with van der Waals surface area (Å²) in [6.45, 7) is 3.29. The van der Waals surface area contributed by atoms with Crippen LogP contribution in [0.25, 0.3) is 0 Å². The topological polar surface area (TPSA) is 41.8 Å². The molecule has 1 aliphatic rings. The second kappa shape index (κ2) is 1.26. The van der Waals surface area contributed by atoms with Crippen LogP contribution in [0.3, 0.4) is 0 Å². The molecule has 0 aromatic carbocycles. The second-order valence-corrected chi connectivity index (χ2v) is 1.16. The Balaban J connectivity index is 2.89. The molecule has 0 unspecified atom stereocenters. The molecule has 0 aliphatic carbocycles. The van der Waals surface area contributed by atoms with E-state index in [1.165, 1.54) is 0 Å². The summed E-state index contributed by atoms with van der Waals surface area (Å²) in [5, 5.41) is 6.64. The highest BCUT2D eigenvalue weighted by atomic mass is 16.1. The lowest BCUT2D eigenvalue weighted by atomic mass is 10.3. The van der Waals surface area contributed by atoms with Crippen molar-refractivity contribution in [3.63, 3.8) is 0 Å². The molecule has 0 fully saturated rings. The van der Waals surface area contributed by atoms with Crippen molar-refractivity contribution in [2.45, 2.75) is 0 Å². The van der Waals surface area contributed by atoms with Gasteiger partial charge in [0.15, 0.2) is 0 Å². The summed E-state index contributed by atoms with van der Waals surface area (Å²) in [7, 11) is 0. The van der Waals surface area contributed by atoms with Gasteiger partial charge in [0, 0.05) is 6.92 Å². The molecule has 3 nitrogen and oxygen atoms in total. The molecule has 35 valence electrons. The predicted molar refractivity (Wildman–Crippen MR) is 26.3 cm³/mol. The molecular formula is C4H3N2O. The fourth-order valence-corrected chi connectivity index (χ4v) is 0.275. The van der Waals surface area contributed by atoms with Crippen molar-refractivity contribution in [2.24, 2.45) is 10.2 Å². The zero-order valence-corrected chi connectivity index (χ0v) is 3.59. The molecule has 0 aromatic rings. The van der Waals surface area contributed by atoms with E-state index in [0.29, 0.717) is 0 Å². The van der Waals surface area contributed by atoms with Crippen LogP contribution in [0.5, 0.6) is 0 Å². The lowest BCUT2D eigenvalue weighted by Crippen LogP contribution is -2.05. The molecule has 0 aromatic heterocycles. The quantitative estimate of drug-likeness (QED) is 0.412. The monoisotopic (exact) mass is 95.0 g/mol. The zero-order chi connectivity index (χ0) is 5.28. The van der Waals surface area contributed by atoms with Gasteiger partial charge in [-0.25, -0.2) is 0 Å². The third kappa shape index (κ3) is 0.559. The van der Waals surface area contributed by atoms with Gasteiger partial charge >= 0.3 is 0 Å². The van der Waals surface area contributed by atoms with E-state index in [-0.39, 0.29) is 11.5 Å². The van der Waals surface area contributed by atoms with Gasteiger partial charge in [-0.1, -0.05) is 0 Å². The number of nitrogens with zero attached hydrogens (tertiary/aromatic N) is 2. The molecule has 0 saturated heterocycles. The van der Waals surface area contributed by atoms with E-state index in [1.807, 2.05) is 0 Å². The maximum atomic E-state index is 10.2. The average molecular weight is 95.1 g/mol. The van der Waals surface area contributed by atoms with E-state index < -0.39 is 0 Å². The van der Waals surface area contributed by atoms with E-state index in [1.54, 1.807) is 0 Å². The van der Waals surface area contributed by atoms with Crippen LogP contribution in [0, 0.1) is 6.92 Å². The Morgan fingerprint density at radius 3 is 2.57 bits per heavy atom. The van der Waals surface area contributed by atoms with Gasteiger partial charge in [-0.3, -0.25) is 4.79 Å². The summed E-state index contributed by atoms with van der Waals surface area (Å²) in [5.74, 6) is -0.194. The van der Waals surface area contributed by atoms with Crippen LogP contribution in [0.15, 0.2) is 10.2 Å². The first-order valence-electron chi connectivity index (χ1n) is 1.78. The minimum absolute atomic E-state index is 0.194. The molecule has 0 saturated carbocycles. The summed E-state index contributed by atoms with van der Waals surface area (Å²) >= 11 is 0. The maximum absolute atomic E-state index is 10.2. The molecular weight excluding hydrogens is 92.1 g/mol. The first-order chi connectivity index (χ1) is 3.30. The number of Topliss-reactive ketones (excluding diaryl/α,β-unsaturated/α-hetero) is 1. The zero-order valence-electron chi connectivity index (χ0n) is 3.59. The van der Waals surface area contributed by atoms with Crippen LogP contribution < -0.4 is 0 Å². The smallest absolute Gasteiger partial charge is 0.221 e. The third-order valence-electron chi connectivity index (χ3n) is 0.638. The fourth-order valence-electron chi connectivity index (χ4n) is 0.275. The van der Waals surface area contributed by atoms with Crippen LogP contribution in [-0.4, -0.2) is 17.7 Å². The highest BCUT2D eigenvalue weighted by Gasteiger charge is 2.05. The van der Waals surface area contributed by atoms with E-state index in [4.69, 9.17) is 0 Å². The van der Waals surface area contributed by atoms with Gasteiger partial charge in [-0.15, -0.1) is 0 Å². The largest absolute Gasteiger partial charge is 0.286 e. The molecule has 3 heteroatoms. The lowest BCUT2D eigenvalue weighted by molar-refractivity contribution is -0.106. The standard InChI is InChI=1S/C4H3N2O/c1-3-4(7)2-5-6-3/h2H,1H2. The Kier molecular flexibility index (Phi) is 0.749. The molecule has 1 aliphatic heterocycles. The highest BCUT2D eigenvalue weighted by Crippen LogP contribution is 1.86. The Morgan fingerprint density at radius 1 is 1.71 bits per heavy atom. The lowest BCUT2D eigenvalue weighted by Gasteiger charge is -1.73. The van der Waals surface area contributed by atoms with Gasteiger partial charge in [0.1, 0.15) is 5.71 Å². The van der Waals surface area contributed by atoms with E-state index in [0.717, 1.165) is 6.21 Å². The van der Waals surface area contributed by atoms with Crippen molar-refractivity contribution >= 4 is 17.7 Å². The van der Waals surface area contributed by atoms with Crippen molar-refractivity contribution in [2.75, 3.05) is 0 Å². The van der Waals surface area contributed by atoms with Gasteiger partial charge in [0.2, 0.25) is 5.78 Å². The Labute approximate surface area is 40.8 Å². The van der Waals surface area contributed by atoms with Crippen molar-refractivity contribution in [1.82, 2.24) is 0 Å². The molecule has 1 rings (SSSR count). The predicted octanol–water partition coefficient (Wildman–Crippen LogP) is -0.170. The van der Waals surface area contributed by atoms with Crippen LogP contribution in [0.2, 0.25) is 0 Å². The second-order valence-electron chi connectivity index (χ2n) is 1.16. The maximum Gasteiger partial charge on any atom is 0.221 e. The van der Waals surface area contributed by atoms with Gasteiger partial charge in [-0.2, -0.15) is 10.2 Å². The van der Waals surface area contributed by atoms with Crippen LogP contribution in [0.1, 0.15) is 0 Å². The van der Waals surface area contributed by atoms with Gasteiger partial charge in [0.25, 0.3) is 0 Å². The fraction of sp³-hybridized carbons (Fsp3) is 0. The highest BCUT2D eigenvalue weighted by molar-refractivity contribution is 6.63. The van der Waals surface area contributed by atoms with E-state index in [2.05, 4.69) is 17.1 Å². The van der Waals surface area contributed by atoms with Gasteiger partial charge in [-0.05, 0) is 0 Å². The van der Waals surface area contributed by atoms with Crippen molar-refractivity contribution in [1.29, 1.82) is 0 Å².